The van der Waals surface area contributed by atoms with Crippen LogP contribution in [0.5, 0.6) is 0 Å². The van der Waals surface area contributed by atoms with Gasteiger partial charge in [0.2, 0.25) is 0 Å². The average Bonchev–Trinajstić information content (AvgIpc) is 2.45. The third kappa shape index (κ3) is 1.26. The standard InChI is InChI=1S/C13H20/c1-2-4-12-10-6-8-11(9-7-10)13(12)5-3-1/h6,8,10-13H,1-5,7,9H2. The zero-order valence-electron chi connectivity index (χ0n) is 8.41. The van der Waals surface area contributed by atoms with Gasteiger partial charge in [0.25, 0.3) is 0 Å². The number of fused-ring (bicyclic) bond motifs is 1. The molecule has 4 aliphatic rings. The first-order valence-electron chi connectivity index (χ1n) is 6.13. The first-order chi connectivity index (χ1) is 6.45. The van der Waals surface area contributed by atoms with Crippen LogP contribution in [-0.4, -0.2) is 0 Å². The predicted octanol–water partition coefficient (Wildman–Crippen LogP) is 3.78. The van der Waals surface area contributed by atoms with Crippen molar-refractivity contribution >= 4 is 0 Å². The largest absolute Gasteiger partial charge is 0.0848 e. The van der Waals surface area contributed by atoms with Crippen molar-refractivity contribution in [3.63, 3.8) is 0 Å². The van der Waals surface area contributed by atoms with E-state index in [1.165, 1.54) is 44.9 Å². The molecule has 72 valence electrons. The molecule has 4 unspecified atom stereocenters. The van der Waals surface area contributed by atoms with E-state index >= 15 is 0 Å². The van der Waals surface area contributed by atoms with Gasteiger partial charge in [0, 0.05) is 0 Å². The lowest BCUT2D eigenvalue weighted by Crippen LogP contribution is -2.36. The lowest BCUT2D eigenvalue weighted by atomic mass is 9.61. The monoisotopic (exact) mass is 176 g/mol. The number of hydrogen-bond donors (Lipinski definition) is 0. The van der Waals surface area contributed by atoms with E-state index in [2.05, 4.69) is 12.2 Å². The Morgan fingerprint density at radius 3 is 1.62 bits per heavy atom. The van der Waals surface area contributed by atoms with Crippen LogP contribution < -0.4 is 0 Å². The topological polar surface area (TPSA) is 0 Å². The van der Waals surface area contributed by atoms with E-state index in [1.807, 2.05) is 0 Å². The molecule has 0 N–H and O–H groups in total. The minimum atomic E-state index is 0.980. The van der Waals surface area contributed by atoms with E-state index in [-0.39, 0.29) is 0 Å². The average molecular weight is 176 g/mol. The molecule has 0 heterocycles. The maximum atomic E-state index is 2.54. The van der Waals surface area contributed by atoms with Crippen molar-refractivity contribution in [1.29, 1.82) is 0 Å². The van der Waals surface area contributed by atoms with E-state index < -0.39 is 0 Å². The van der Waals surface area contributed by atoms with Crippen molar-refractivity contribution in [3.8, 4) is 0 Å². The Bertz CT molecular complexity index is 194. The molecule has 13 heavy (non-hydrogen) atoms. The van der Waals surface area contributed by atoms with Crippen LogP contribution in [0.3, 0.4) is 0 Å². The van der Waals surface area contributed by atoms with Crippen molar-refractivity contribution in [2.75, 3.05) is 0 Å². The van der Waals surface area contributed by atoms with Gasteiger partial charge in [0.15, 0.2) is 0 Å². The van der Waals surface area contributed by atoms with Gasteiger partial charge in [-0.05, 0) is 49.4 Å². The van der Waals surface area contributed by atoms with Crippen molar-refractivity contribution in [1.82, 2.24) is 0 Å². The van der Waals surface area contributed by atoms with Crippen molar-refractivity contribution < 1.29 is 0 Å². The first-order valence-corrected chi connectivity index (χ1v) is 6.13. The van der Waals surface area contributed by atoms with Crippen LogP contribution in [-0.2, 0) is 0 Å². The SMILES string of the molecule is C1=CC2CCC1C1CCCCCC21. The molecule has 4 atom stereocenters. The second-order valence-electron chi connectivity index (χ2n) is 5.26. The van der Waals surface area contributed by atoms with E-state index in [9.17, 15) is 0 Å². The van der Waals surface area contributed by atoms with Gasteiger partial charge in [-0.3, -0.25) is 0 Å². The van der Waals surface area contributed by atoms with Gasteiger partial charge in [-0.15, -0.1) is 0 Å². The third-order valence-electron chi connectivity index (χ3n) is 4.66. The van der Waals surface area contributed by atoms with E-state index in [4.69, 9.17) is 0 Å². The molecular formula is C13H20. The molecule has 0 aromatic carbocycles. The third-order valence-corrected chi connectivity index (χ3v) is 4.66. The summed E-state index contributed by atoms with van der Waals surface area (Å²) in [6.07, 6.45) is 15.7. The molecule has 0 amide bonds. The van der Waals surface area contributed by atoms with Crippen LogP contribution in [0.4, 0.5) is 0 Å². The summed E-state index contributed by atoms with van der Waals surface area (Å²) in [6, 6.07) is 0. The van der Waals surface area contributed by atoms with Gasteiger partial charge in [-0.1, -0.05) is 31.4 Å². The van der Waals surface area contributed by atoms with Crippen LogP contribution in [0.2, 0.25) is 0 Å². The van der Waals surface area contributed by atoms with Crippen LogP contribution in [0.25, 0.3) is 0 Å². The van der Waals surface area contributed by atoms with E-state index in [1.54, 1.807) is 0 Å². The minimum Gasteiger partial charge on any atom is -0.0848 e. The zero-order chi connectivity index (χ0) is 8.67. The Kier molecular flexibility index (Phi) is 1.96. The highest BCUT2D eigenvalue weighted by Gasteiger charge is 2.40. The van der Waals surface area contributed by atoms with Crippen LogP contribution in [0.1, 0.15) is 44.9 Å². The van der Waals surface area contributed by atoms with Gasteiger partial charge < -0.3 is 0 Å². The zero-order valence-corrected chi connectivity index (χ0v) is 8.41. The highest BCUT2D eigenvalue weighted by Crippen LogP contribution is 2.49. The Balaban J connectivity index is 1.87. The van der Waals surface area contributed by atoms with Crippen LogP contribution >= 0.6 is 0 Å². The summed E-state index contributed by atoms with van der Waals surface area (Å²) < 4.78 is 0. The molecule has 4 aliphatic carbocycles. The maximum absolute atomic E-state index is 2.54. The fraction of sp³-hybridized carbons (Fsp3) is 0.846. The lowest BCUT2D eigenvalue weighted by molar-refractivity contribution is 0.114. The summed E-state index contributed by atoms with van der Waals surface area (Å²) in [7, 11) is 0. The minimum absolute atomic E-state index is 0.980. The molecule has 0 nitrogen and oxygen atoms in total. The Labute approximate surface area is 81.4 Å². The number of rotatable bonds is 0. The summed E-state index contributed by atoms with van der Waals surface area (Å²) in [5.74, 6) is 4.14. The van der Waals surface area contributed by atoms with Gasteiger partial charge in [0.1, 0.15) is 0 Å². The fourth-order valence-electron chi connectivity index (χ4n) is 4.00. The lowest BCUT2D eigenvalue weighted by Gasteiger charge is -2.44. The molecule has 0 aliphatic heterocycles. The van der Waals surface area contributed by atoms with E-state index in [0.29, 0.717) is 0 Å². The maximum Gasteiger partial charge on any atom is -0.0202 e. The predicted molar refractivity (Wildman–Crippen MR) is 55.4 cm³/mol. The molecule has 0 radical (unpaired) electrons. The second kappa shape index (κ2) is 3.15. The van der Waals surface area contributed by atoms with Crippen LogP contribution in [0.15, 0.2) is 12.2 Å². The van der Waals surface area contributed by atoms with Gasteiger partial charge in [-0.2, -0.15) is 0 Å². The highest BCUT2D eigenvalue weighted by molar-refractivity contribution is 5.09. The van der Waals surface area contributed by atoms with Gasteiger partial charge in [0.05, 0.1) is 0 Å². The molecule has 4 rings (SSSR count). The quantitative estimate of drug-likeness (QED) is 0.493. The van der Waals surface area contributed by atoms with Gasteiger partial charge in [-0.25, -0.2) is 0 Å². The summed E-state index contributed by atoms with van der Waals surface area (Å²) in [5.41, 5.74) is 0. The second-order valence-corrected chi connectivity index (χ2v) is 5.26. The Hall–Kier alpha value is -0.260. The smallest absolute Gasteiger partial charge is 0.0202 e. The normalized spacial score (nSPS) is 48.6. The number of hydrogen-bond acceptors (Lipinski definition) is 0. The van der Waals surface area contributed by atoms with Crippen molar-refractivity contribution in [3.05, 3.63) is 12.2 Å². The fourth-order valence-corrected chi connectivity index (χ4v) is 4.00. The Morgan fingerprint density at radius 2 is 1.15 bits per heavy atom. The summed E-state index contributed by atoms with van der Waals surface area (Å²) in [4.78, 5) is 0. The molecule has 2 bridgehead atoms. The summed E-state index contributed by atoms with van der Waals surface area (Å²) >= 11 is 0. The molecule has 0 aromatic rings. The molecule has 0 heteroatoms. The number of allylic oxidation sites excluding steroid dienone is 2. The molecule has 2 saturated carbocycles. The van der Waals surface area contributed by atoms with E-state index in [0.717, 1.165) is 23.7 Å². The van der Waals surface area contributed by atoms with Crippen molar-refractivity contribution in [2.45, 2.75) is 44.9 Å². The van der Waals surface area contributed by atoms with Gasteiger partial charge >= 0.3 is 0 Å². The summed E-state index contributed by atoms with van der Waals surface area (Å²) in [5, 5.41) is 0. The van der Waals surface area contributed by atoms with Crippen molar-refractivity contribution in [2.24, 2.45) is 23.7 Å². The Morgan fingerprint density at radius 1 is 0.615 bits per heavy atom. The molecule has 2 fully saturated rings. The molecule has 0 saturated heterocycles. The highest BCUT2D eigenvalue weighted by atomic mass is 14.4. The van der Waals surface area contributed by atoms with Crippen LogP contribution in [0, 0.1) is 23.7 Å². The summed E-state index contributed by atoms with van der Waals surface area (Å²) in [6.45, 7) is 0. The molecule has 0 aromatic heterocycles. The molecule has 0 spiro atoms. The first kappa shape index (κ1) is 8.08. The molecular weight excluding hydrogens is 156 g/mol.